The minimum atomic E-state index is -3.27. The molecular weight excluding hydrogens is 318 g/mol. The van der Waals surface area contributed by atoms with E-state index in [-0.39, 0.29) is 11.9 Å². The summed E-state index contributed by atoms with van der Waals surface area (Å²) in [6, 6.07) is 7.58. The Kier molecular flexibility index (Phi) is 4.77. The maximum Gasteiger partial charge on any atom is 0.214 e. The largest absolute Gasteiger partial charge is 0.377 e. The number of rotatable bonds is 5. The van der Waals surface area contributed by atoms with Crippen LogP contribution in [0, 0.1) is 0 Å². The highest BCUT2D eigenvalue weighted by Gasteiger charge is 2.22. The zero-order valence-corrected chi connectivity index (χ0v) is 12.3. The molecule has 0 aliphatic carbocycles. The average molecular weight is 334 g/mol. The maximum atomic E-state index is 11.8. The van der Waals surface area contributed by atoms with E-state index in [1.807, 2.05) is 24.3 Å². The molecule has 0 spiro atoms. The Morgan fingerprint density at radius 2 is 2.28 bits per heavy atom. The van der Waals surface area contributed by atoms with Gasteiger partial charge in [0.05, 0.1) is 11.9 Å². The van der Waals surface area contributed by atoms with Crippen LogP contribution in [-0.4, -0.2) is 26.9 Å². The fourth-order valence-corrected chi connectivity index (χ4v) is 3.62. The summed E-state index contributed by atoms with van der Waals surface area (Å²) in [6.07, 6.45) is 1.63. The van der Waals surface area contributed by atoms with Gasteiger partial charge in [0, 0.05) is 17.6 Å². The van der Waals surface area contributed by atoms with Crippen molar-refractivity contribution in [2.24, 2.45) is 0 Å². The maximum absolute atomic E-state index is 11.8. The second-order valence-corrected chi connectivity index (χ2v) is 7.13. The number of sulfonamides is 1. The lowest BCUT2D eigenvalue weighted by molar-refractivity contribution is 0.127. The van der Waals surface area contributed by atoms with Crippen LogP contribution in [0.2, 0.25) is 0 Å². The molecule has 4 nitrogen and oxygen atoms in total. The van der Waals surface area contributed by atoms with Gasteiger partial charge in [-0.05, 0) is 30.5 Å². The average Bonchev–Trinajstić information content (AvgIpc) is 2.79. The molecule has 18 heavy (non-hydrogen) atoms. The van der Waals surface area contributed by atoms with Crippen molar-refractivity contribution >= 4 is 26.0 Å². The first-order valence-electron chi connectivity index (χ1n) is 5.88. The molecule has 1 aromatic carbocycles. The van der Waals surface area contributed by atoms with E-state index in [4.69, 9.17) is 4.74 Å². The Morgan fingerprint density at radius 1 is 1.44 bits per heavy atom. The standard InChI is InChI=1S/C12H16BrNO3S/c13-11-4-1-3-10(7-11)8-14-18(15,16)9-12-5-2-6-17-12/h1,3-4,7,12,14H,2,5-6,8-9H2. The molecule has 2 rings (SSSR count). The van der Waals surface area contributed by atoms with Crippen molar-refractivity contribution in [3.8, 4) is 0 Å². The molecule has 1 aliphatic heterocycles. The molecule has 1 heterocycles. The third kappa shape index (κ3) is 4.35. The van der Waals surface area contributed by atoms with E-state index in [2.05, 4.69) is 20.7 Å². The Morgan fingerprint density at radius 3 is 2.94 bits per heavy atom. The minimum absolute atomic E-state index is 0.0566. The van der Waals surface area contributed by atoms with Gasteiger partial charge in [0.1, 0.15) is 0 Å². The van der Waals surface area contributed by atoms with Crippen molar-refractivity contribution in [2.45, 2.75) is 25.5 Å². The van der Waals surface area contributed by atoms with Crippen molar-refractivity contribution in [1.29, 1.82) is 0 Å². The summed E-state index contributed by atoms with van der Waals surface area (Å²) in [4.78, 5) is 0. The van der Waals surface area contributed by atoms with E-state index < -0.39 is 10.0 Å². The number of halogens is 1. The number of nitrogens with one attached hydrogen (secondary N) is 1. The van der Waals surface area contributed by atoms with Crippen LogP contribution in [0.25, 0.3) is 0 Å². The van der Waals surface area contributed by atoms with E-state index >= 15 is 0 Å². The van der Waals surface area contributed by atoms with Crippen LogP contribution in [0.5, 0.6) is 0 Å². The first kappa shape index (κ1) is 14.0. The lowest BCUT2D eigenvalue weighted by atomic mass is 10.2. The highest BCUT2D eigenvalue weighted by Crippen LogP contribution is 2.14. The van der Waals surface area contributed by atoms with Gasteiger partial charge in [0.15, 0.2) is 0 Å². The molecule has 0 radical (unpaired) electrons. The lowest BCUT2D eigenvalue weighted by Crippen LogP contribution is -2.31. The molecule has 0 amide bonds. The fraction of sp³-hybridized carbons (Fsp3) is 0.500. The van der Waals surface area contributed by atoms with E-state index in [1.165, 1.54) is 0 Å². The van der Waals surface area contributed by atoms with Gasteiger partial charge >= 0.3 is 0 Å². The molecule has 0 bridgehead atoms. The molecule has 1 unspecified atom stereocenters. The van der Waals surface area contributed by atoms with Crippen LogP contribution in [0.3, 0.4) is 0 Å². The summed E-state index contributed by atoms with van der Waals surface area (Å²) >= 11 is 3.36. The normalized spacial score (nSPS) is 20.2. The fourth-order valence-electron chi connectivity index (χ4n) is 1.92. The number of hydrogen-bond donors (Lipinski definition) is 1. The molecular formula is C12H16BrNO3S. The summed E-state index contributed by atoms with van der Waals surface area (Å²) in [5, 5.41) is 0. The Hall–Kier alpha value is -0.430. The molecule has 1 atom stereocenters. The van der Waals surface area contributed by atoms with E-state index in [9.17, 15) is 8.42 Å². The summed E-state index contributed by atoms with van der Waals surface area (Å²) in [5.74, 6) is 0.0566. The van der Waals surface area contributed by atoms with Gasteiger partial charge in [-0.2, -0.15) is 0 Å². The molecule has 1 saturated heterocycles. The zero-order chi connectivity index (χ0) is 13.0. The quantitative estimate of drug-likeness (QED) is 0.897. The second-order valence-electron chi connectivity index (χ2n) is 4.37. The van der Waals surface area contributed by atoms with Gasteiger partial charge in [-0.1, -0.05) is 28.1 Å². The van der Waals surface area contributed by atoms with E-state index in [0.717, 1.165) is 22.9 Å². The van der Waals surface area contributed by atoms with E-state index in [0.29, 0.717) is 13.2 Å². The minimum Gasteiger partial charge on any atom is -0.377 e. The van der Waals surface area contributed by atoms with Crippen molar-refractivity contribution in [1.82, 2.24) is 4.72 Å². The van der Waals surface area contributed by atoms with Gasteiger partial charge in [-0.15, -0.1) is 0 Å². The Bertz CT molecular complexity index is 498. The molecule has 1 fully saturated rings. The van der Waals surface area contributed by atoms with Crippen LogP contribution < -0.4 is 4.72 Å². The summed E-state index contributed by atoms with van der Waals surface area (Å²) < 4.78 is 32.6. The third-order valence-corrected chi connectivity index (χ3v) is 4.70. The zero-order valence-electron chi connectivity index (χ0n) is 9.93. The molecule has 1 aromatic rings. The van der Waals surface area contributed by atoms with Crippen LogP contribution in [0.4, 0.5) is 0 Å². The van der Waals surface area contributed by atoms with Crippen molar-refractivity contribution < 1.29 is 13.2 Å². The first-order valence-corrected chi connectivity index (χ1v) is 8.33. The van der Waals surface area contributed by atoms with Crippen LogP contribution in [0.15, 0.2) is 28.7 Å². The smallest absolute Gasteiger partial charge is 0.214 e. The molecule has 0 saturated carbocycles. The number of benzene rings is 1. The van der Waals surface area contributed by atoms with Crippen molar-refractivity contribution in [2.75, 3.05) is 12.4 Å². The van der Waals surface area contributed by atoms with Crippen LogP contribution in [0.1, 0.15) is 18.4 Å². The summed E-state index contributed by atoms with van der Waals surface area (Å²) in [5.41, 5.74) is 0.931. The Labute approximate surface area is 116 Å². The number of hydrogen-bond acceptors (Lipinski definition) is 3. The van der Waals surface area contributed by atoms with Crippen molar-refractivity contribution in [3.05, 3.63) is 34.3 Å². The molecule has 100 valence electrons. The second kappa shape index (κ2) is 6.14. The topological polar surface area (TPSA) is 55.4 Å². The molecule has 1 aliphatic rings. The lowest BCUT2D eigenvalue weighted by Gasteiger charge is -2.11. The van der Waals surface area contributed by atoms with Gasteiger partial charge < -0.3 is 4.74 Å². The number of ether oxygens (including phenoxy) is 1. The van der Waals surface area contributed by atoms with Gasteiger partial charge in [-0.25, -0.2) is 13.1 Å². The molecule has 0 aromatic heterocycles. The van der Waals surface area contributed by atoms with Gasteiger partial charge in [0.25, 0.3) is 0 Å². The predicted octanol–water partition coefficient (Wildman–Crippen LogP) is 2.05. The third-order valence-electron chi connectivity index (χ3n) is 2.81. The Balaban J connectivity index is 1.88. The highest BCUT2D eigenvalue weighted by molar-refractivity contribution is 9.10. The first-order chi connectivity index (χ1) is 8.55. The summed E-state index contributed by atoms with van der Waals surface area (Å²) in [7, 11) is -3.27. The highest BCUT2D eigenvalue weighted by atomic mass is 79.9. The molecule has 6 heteroatoms. The van der Waals surface area contributed by atoms with Crippen LogP contribution >= 0.6 is 15.9 Å². The van der Waals surface area contributed by atoms with Crippen molar-refractivity contribution in [3.63, 3.8) is 0 Å². The van der Waals surface area contributed by atoms with Crippen LogP contribution in [-0.2, 0) is 21.3 Å². The van der Waals surface area contributed by atoms with E-state index in [1.54, 1.807) is 0 Å². The molecule has 1 N–H and O–H groups in total. The monoisotopic (exact) mass is 333 g/mol. The van der Waals surface area contributed by atoms with Gasteiger partial charge in [-0.3, -0.25) is 0 Å². The SMILES string of the molecule is O=S(=O)(CC1CCCO1)NCc1cccc(Br)c1. The summed E-state index contributed by atoms with van der Waals surface area (Å²) in [6.45, 7) is 0.986. The predicted molar refractivity (Wildman–Crippen MR) is 73.7 cm³/mol. The van der Waals surface area contributed by atoms with Gasteiger partial charge in [0.2, 0.25) is 10.0 Å².